The van der Waals surface area contributed by atoms with Gasteiger partial charge >= 0.3 is 0 Å². The van der Waals surface area contributed by atoms with Crippen molar-refractivity contribution >= 4 is 9.84 Å². The van der Waals surface area contributed by atoms with Gasteiger partial charge in [-0.25, -0.2) is 17.2 Å². The van der Waals surface area contributed by atoms with Gasteiger partial charge in [-0.05, 0) is 44.1 Å². The lowest BCUT2D eigenvalue weighted by Gasteiger charge is -2.30. The quantitative estimate of drug-likeness (QED) is 0.891. The molecule has 2 rings (SSSR count). The van der Waals surface area contributed by atoms with E-state index < -0.39 is 31.1 Å². The van der Waals surface area contributed by atoms with Crippen LogP contribution in [0.5, 0.6) is 0 Å². The Morgan fingerprint density at radius 1 is 1.26 bits per heavy atom. The van der Waals surface area contributed by atoms with Gasteiger partial charge < -0.3 is 5.32 Å². The lowest BCUT2D eigenvalue weighted by molar-refractivity contribution is 0.441. The molecule has 7 heteroatoms. The Morgan fingerprint density at radius 2 is 1.89 bits per heavy atom. The van der Waals surface area contributed by atoms with Crippen LogP contribution in [0, 0.1) is 23.0 Å². The highest BCUT2D eigenvalue weighted by Crippen LogP contribution is 2.34. The molecular formula is C12H12F2N2O2S. The molecule has 0 aliphatic carbocycles. The first-order chi connectivity index (χ1) is 8.93. The number of hydrogen-bond acceptors (Lipinski definition) is 4. The first-order valence-corrected chi connectivity index (χ1v) is 7.23. The Balaban J connectivity index is 2.58. The molecule has 1 aromatic rings. The van der Waals surface area contributed by atoms with Crippen LogP contribution in [0.1, 0.15) is 12.8 Å². The Labute approximate surface area is 110 Å². The summed E-state index contributed by atoms with van der Waals surface area (Å²) >= 11 is 0. The third-order valence-corrected chi connectivity index (χ3v) is 5.73. The van der Waals surface area contributed by atoms with E-state index in [9.17, 15) is 22.5 Å². The highest BCUT2D eigenvalue weighted by Gasteiger charge is 2.47. The zero-order chi connectivity index (χ0) is 14.1. The van der Waals surface area contributed by atoms with Crippen LogP contribution in [0.25, 0.3) is 0 Å². The Morgan fingerprint density at radius 3 is 2.47 bits per heavy atom. The summed E-state index contributed by atoms with van der Waals surface area (Å²) in [7, 11) is -4.24. The van der Waals surface area contributed by atoms with E-state index in [2.05, 4.69) is 5.32 Å². The summed E-state index contributed by atoms with van der Waals surface area (Å²) in [5.41, 5.74) is 0. The molecule has 0 radical (unpaired) electrons. The van der Waals surface area contributed by atoms with Crippen LogP contribution in [0.4, 0.5) is 8.78 Å². The summed E-state index contributed by atoms with van der Waals surface area (Å²) in [5.74, 6) is -1.88. The second-order valence-electron chi connectivity index (χ2n) is 4.43. The summed E-state index contributed by atoms with van der Waals surface area (Å²) in [6, 6.07) is 4.02. The van der Waals surface area contributed by atoms with Crippen LogP contribution in [0.3, 0.4) is 0 Å². The summed E-state index contributed by atoms with van der Waals surface area (Å²) in [6.07, 6.45) is 0.115. The molecule has 0 bridgehead atoms. The van der Waals surface area contributed by atoms with Crippen molar-refractivity contribution in [2.75, 3.05) is 13.1 Å². The maximum Gasteiger partial charge on any atom is 0.200 e. The number of sulfone groups is 1. The Hall–Kier alpha value is -1.52. The molecule has 0 unspecified atom stereocenters. The highest BCUT2D eigenvalue weighted by molar-refractivity contribution is 7.93. The van der Waals surface area contributed by atoms with E-state index in [1.165, 1.54) is 0 Å². The van der Waals surface area contributed by atoms with Crippen molar-refractivity contribution < 1.29 is 17.2 Å². The minimum absolute atomic E-state index is 0.0573. The maximum absolute atomic E-state index is 13.7. The standard InChI is InChI=1S/C12H12F2N2O2S/c13-9-1-2-10(14)11(7-9)19(17,18)12(8-15)3-5-16-6-4-12/h1-2,7,16H,3-6H2. The predicted molar refractivity (Wildman–Crippen MR) is 64.0 cm³/mol. The molecule has 0 atom stereocenters. The van der Waals surface area contributed by atoms with E-state index >= 15 is 0 Å². The first kappa shape index (κ1) is 13.9. The van der Waals surface area contributed by atoms with E-state index in [0.29, 0.717) is 19.2 Å². The first-order valence-electron chi connectivity index (χ1n) is 5.75. The number of hydrogen-bond donors (Lipinski definition) is 1. The fourth-order valence-electron chi connectivity index (χ4n) is 2.16. The summed E-state index contributed by atoms with van der Waals surface area (Å²) < 4.78 is 50.0. The Bertz CT molecular complexity index is 632. The second-order valence-corrected chi connectivity index (χ2v) is 6.66. The van der Waals surface area contributed by atoms with E-state index in [0.717, 1.165) is 12.1 Å². The smallest absolute Gasteiger partial charge is 0.200 e. The molecule has 0 saturated carbocycles. The van der Waals surface area contributed by atoms with E-state index in [4.69, 9.17) is 0 Å². The normalized spacial score (nSPS) is 18.8. The van der Waals surface area contributed by atoms with Crippen LogP contribution in [-0.2, 0) is 9.84 Å². The van der Waals surface area contributed by atoms with Crippen LogP contribution in [0.2, 0.25) is 0 Å². The van der Waals surface area contributed by atoms with Crippen molar-refractivity contribution in [3.8, 4) is 6.07 Å². The van der Waals surface area contributed by atoms with Crippen molar-refractivity contribution in [2.24, 2.45) is 0 Å². The molecule has 1 N–H and O–H groups in total. The fourth-order valence-corrected chi connectivity index (χ4v) is 4.04. The van der Waals surface area contributed by atoms with Crippen molar-refractivity contribution in [1.82, 2.24) is 5.32 Å². The molecule has 1 aromatic carbocycles. The molecule has 102 valence electrons. The van der Waals surface area contributed by atoms with Gasteiger partial charge in [-0.1, -0.05) is 0 Å². The van der Waals surface area contributed by atoms with Gasteiger partial charge in [-0.2, -0.15) is 5.26 Å². The van der Waals surface area contributed by atoms with E-state index in [1.54, 1.807) is 6.07 Å². The van der Waals surface area contributed by atoms with Crippen LogP contribution < -0.4 is 5.32 Å². The van der Waals surface area contributed by atoms with Crippen LogP contribution in [0.15, 0.2) is 23.1 Å². The van der Waals surface area contributed by atoms with Gasteiger partial charge in [0.1, 0.15) is 16.5 Å². The molecule has 1 aliphatic rings. The molecule has 1 aliphatic heterocycles. The number of piperidine rings is 1. The van der Waals surface area contributed by atoms with E-state index in [1.807, 2.05) is 0 Å². The number of nitrogens with one attached hydrogen (secondary N) is 1. The summed E-state index contributed by atoms with van der Waals surface area (Å²) in [6.45, 7) is 0.702. The van der Waals surface area contributed by atoms with Gasteiger partial charge in [0.05, 0.1) is 6.07 Å². The average molecular weight is 286 g/mol. The number of benzene rings is 1. The third kappa shape index (κ3) is 2.22. The molecular weight excluding hydrogens is 274 g/mol. The van der Waals surface area contributed by atoms with Gasteiger partial charge in [0.15, 0.2) is 4.75 Å². The van der Waals surface area contributed by atoms with Crippen molar-refractivity contribution in [3.05, 3.63) is 29.8 Å². The minimum Gasteiger partial charge on any atom is -0.317 e. The SMILES string of the molecule is N#CC1(S(=O)(=O)c2cc(F)ccc2F)CCNCC1. The molecule has 0 aromatic heterocycles. The molecule has 4 nitrogen and oxygen atoms in total. The monoisotopic (exact) mass is 286 g/mol. The summed E-state index contributed by atoms with van der Waals surface area (Å²) in [4.78, 5) is -0.740. The maximum atomic E-state index is 13.7. The Kier molecular flexibility index (Phi) is 3.56. The van der Waals surface area contributed by atoms with Gasteiger partial charge in [0.2, 0.25) is 9.84 Å². The largest absolute Gasteiger partial charge is 0.317 e. The van der Waals surface area contributed by atoms with Crippen molar-refractivity contribution in [2.45, 2.75) is 22.5 Å². The molecule has 1 heterocycles. The van der Waals surface area contributed by atoms with Crippen molar-refractivity contribution in [3.63, 3.8) is 0 Å². The minimum atomic E-state index is -4.24. The van der Waals surface area contributed by atoms with Crippen LogP contribution >= 0.6 is 0 Å². The highest BCUT2D eigenvalue weighted by atomic mass is 32.2. The number of nitrogens with zero attached hydrogens (tertiary/aromatic N) is 1. The number of halogens is 2. The average Bonchev–Trinajstić information content (AvgIpc) is 2.42. The third-order valence-electron chi connectivity index (χ3n) is 3.31. The van der Waals surface area contributed by atoms with Crippen LogP contribution in [-0.4, -0.2) is 26.3 Å². The molecule has 0 spiro atoms. The zero-order valence-electron chi connectivity index (χ0n) is 9.99. The molecule has 1 fully saturated rings. The number of rotatable bonds is 2. The number of nitriles is 1. The summed E-state index contributed by atoms with van der Waals surface area (Å²) in [5, 5.41) is 12.2. The molecule has 0 amide bonds. The predicted octanol–water partition coefficient (Wildman–Crippen LogP) is 1.38. The zero-order valence-corrected chi connectivity index (χ0v) is 10.8. The van der Waals surface area contributed by atoms with Gasteiger partial charge in [0.25, 0.3) is 0 Å². The van der Waals surface area contributed by atoms with Gasteiger partial charge in [0, 0.05) is 0 Å². The molecule has 1 saturated heterocycles. The van der Waals surface area contributed by atoms with Crippen molar-refractivity contribution in [1.29, 1.82) is 5.26 Å². The van der Waals surface area contributed by atoms with Gasteiger partial charge in [-0.3, -0.25) is 0 Å². The fraction of sp³-hybridized carbons (Fsp3) is 0.417. The van der Waals surface area contributed by atoms with E-state index in [-0.39, 0.29) is 12.8 Å². The second kappa shape index (κ2) is 4.87. The van der Waals surface area contributed by atoms with Gasteiger partial charge in [-0.15, -0.1) is 0 Å². The molecule has 19 heavy (non-hydrogen) atoms. The lowest BCUT2D eigenvalue weighted by atomic mass is 9.99. The lowest BCUT2D eigenvalue weighted by Crippen LogP contribution is -2.46. The topological polar surface area (TPSA) is 70.0 Å².